The number of aliphatic imine (C=N–C) groups is 1. The van der Waals surface area contributed by atoms with Gasteiger partial charge < -0.3 is 4.74 Å². The summed E-state index contributed by atoms with van der Waals surface area (Å²) < 4.78 is 5.47. The van der Waals surface area contributed by atoms with Crippen LogP contribution in [-0.4, -0.2) is 19.9 Å². The molecule has 0 bridgehead atoms. The summed E-state index contributed by atoms with van der Waals surface area (Å²) >= 11 is 0. The molecule has 2 aliphatic rings. The Kier molecular flexibility index (Phi) is 3.57. The zero-order valence-corrected chi connectivity index (χ0v) is 12.9. The average Bonchev–Trinajstić information content (AvgIpc) is 2.48. The lowest BCUT2D eigenvalue weighted by Gasteiger charge is -2.55. The largest absolute Gasteiger partial charge is 0.497 e. The van der Waals surface area contributed by atoms with E-state index in [4.69, 9.17) is 4.74 Å². The van der Waals surface area contributed by atoms with Gasteiger partial charge in [-0.2, -0.15) is 0 Å². The van der Waals surface area contributed by atoms with E-state index < -0.39 is 0 Å². The third-order valence-electron chi connectivity index (χ3n) is 5.45. The molecule has 0 saturated heterocycles. The van der Waals surface area contributed by atoms with Gasteiger partial charge in [-0.1, -0.05) is 25.8 Å². The van der Waals surface area contributed by atoms with E-state index in [0.29, 0.717) is 11.3 Å². The van der Waals surface area contributed by atoms with Gasteiger partial charge in [-0.15, -0.1) is 0 Å². The van der Waals surface area contributed by atoms with Crippen LogP contribution in [0, 0.1) is 5.92 Å². The summed E-state index contributed by atoms with van der Waals surface area (Å²) in [5, 5.41) is 0. The second-order valence-electron chi connectivity index (χ2n) is 6.22. The Bertz CT molecular complexity index is 534. The first kappa shape index (κ1) is 13.7. The number of hydrogen-bond acceptors (Lipinski definition) is 2. The van der Waals surface area contributed by atoms with Crippen LogP contribution in [0.3, 0.4) is 0 Å². The molecule has 0 spiro atoms. The highest BCUT2D eigenvalue weighted by Crippen LogP contribution is 2.56. The zero-order chi connectivity index (χ0) is 14.2. The molecule has 2 nitrogen and oxygen atoms in total. The highest BCUT2D eigenvalue weighted by Gasteiger charge is 2.53. The molecule has 1 aromatic rings. The van der Waals surface area contributed by atoms with Crippen LogP contribution < -0.4 is 4.74 Å². The van der Waals surface area contributed by atoms with Crippen molar-refractivity contribution in [1.82, 2.24) is 0 Å². The van der Waals surface area contributed by atoms with Crippen LogP contribution in [0.15, 0.2) is 23.2 Å². The van der Waals surface area contributed by atoms with Crippen molar-refractivity contribution in [3.63, 3.8) is 0 Å². The van der Waals surface area contributed by atoms with Gasteiger partial charge in [0.15, 0.2) is 0 Å². The van der Waals surface area contributed by atoms with Gasteiger partial charge in [-0.3, -0.25) is 4.99 Å². The molecule has 2 saturated carbocycles. The van der Waals surface area contributed by atoms with Crippen molar-refractivity contribution in [3.8, 4) is 5.75 Å². The van der Waals surface area contributed by atoms with Gasteiger partial charge in [0.1, 0.15) is 5.75 Å². The number of methoxy groups -OCH3 is 1. The van der Waals surface area contributed by atoms with Crippen molar-refractivity contribution in [2.75, 3.05) is 14.2 Å². The molecule has 0 aliphatic heterocycles. The predicted octanol–water partition coefficient (Wildman–Crippen LogP) is 4.16. The molecule has 0 unspecified atom stereocenters. The first-order valence-corrected chi connectivity index (χ1v) is 7.88. The first-order chi connectivity index (χ1) is 9.75. The van der Waals surface area contributed by atoms with Crippen LogP contribution >= 0.6 is 0 Å². The fourth-order valence-corrected chi connectivity index (χ4v) is 4.36. The Labute approximate surface area is 122 Å². The lowest BCUT2D eigenvalue weighted by molar-refractivity contribution is 0.194. The van der Waals surface area contributed by atoms with Gasteiger partial charge in [0.25, 0.3) is 0 Å². The predicted molar refractivity (Wildman–Crippen MR) is 84.0 cm³/mol. The molecular formula is C18H25NO. The molecule has 0 heterocycles. The summed E-state index contributed by atoms with van der Waals surface area (Å²) in [4.78, 5) is 4.53. The van der Waals surface area contributed by atoms with E-state index in [0.717, 1.165) is 18.6 Å². The van der Waals surface area contributed by atoms with Gasteiger partial charge in [-0.05, 0) is 48.9 Å². The van der Waals surface area contributed by atoms with E-state index in [1.54, 1.807) is 7.11 Å². The molecule has 2 fully saturated rings. The fraction of sp³-hybridized carbons (Fsp3) is 0.611. The Morgan fingerprint density at radius 2 is 2.20 bits per heavy atom. The quantitative estimate of drug-likeness (QED) is 0.809. The lowest BCUT2D eigenvalue weighted by Crippen LogP contribution is -2.54. The lowest BCUT2D eigenvalue weighted by atomic mass is 9.49. The molecule has 0 N–H and O–H groups in total. The molecule has 0 aromatic heterocycles. The SMILES string of the molecule is CCc1ccc(OC)cc1[C@]12CCCC[C@@H]1/C(=N/C)C2. The van der Waals surface area contributed by atoms with Crippen LogP contribution in [0.4, 0.5) is 0 Å². The number of ether oxygens (including phenoxy) is 1. The normalized spacial score (nSPS) is 30.8. The first-order valence-electron chi connectivity index (χ1n) is 7.88. The van der Waals surface area contributed by atoms with Crippen LogP contribution in [0.2, 0.25) is 0 Å². The summed E-state index contributed by atoms with van der Waals surface area (Å²) in [6.07, 6.45) is 7.61. The van der Waals surface area contributed by atoms with E-state index in [-0.39, 0.29) is 0 Å². The molecule has 20 heavy (non-hydrogen) atoms. The van der Waals surface area contributed by atoms with Crippen LogP contribution in [0.5, 0.6) is 5.75 Å². The molecular weight excluding hydrogens is 246 g/mol. The van der Waals surface area contributed by atoms with Crippen molar-refractivity contribution in [2.45, 2.75) is 50.9 Å². The van der Waals surface area contributed by atoms with Crippen LogP contribution in [-0.2, 0) is 11.8 Å². The summed E-state index contributed by atoms with van der Waals surface area (Å²) in [5.41, 5.74) is 4.83. The van der Waals surface area contributed by atoms with Crippen molar-refractivity contribution in [3.05, 3.63) is 29.3 Å². The topological polar surface area (TPSA) is 21.6 Å². The Hall–Kier alpha value is -1.31. The second-order valence-corrected chi connectivity index (χ2v) is 6.22. The van der Waals surface area contributed by atoms with E-state index >= 15 is 0 Å². The van der Waals surface area contributed by atoms with E-state index in [1.165, 1.54) is 42.5 Å². The molecule has 2 heteroatoms. The smallest absolute Gasteiger partial charge is 0.119 e. The number of fused-ring (bicyclic) bond motifs is 1. The summed E-state index contributed by atoms with van der Waals surface area (Å²) in [7, 11) is 3.72. The molecule has 0 amide bonds. The van der Waals surface area contributed by atoms with Gasteiger partial charge in [-0.25, -0.2) is 0 Å². The monoisotopic (exact) mass is 271 g/mol. The van der Waals surface area contributed by atoms with Crippen molar-refractivity contribution in [2.24, 2.45) is 10.9 Å². The van der Waals surface area contributed by atoms with E-state index in [2.05, 4.69) is 30.1 Å². The van der Waals surface area contributed by atoms with E-state index in [9.17, 15) is 0 Å². The van der Waals surface area contributed by atoms with Crippen LogP contribution in [0.25, 0.3) is 0 Å². The molecule has 2 atom stereocenters. The second kappa shape index (κ2) is 5.23. The highest BCUT2D eigenvalue weighted by molar-refractivity contribution is 5.96. The minimum atomic E-state index is 0.354. The Morgan fingerprint density at radius 1 is 1.35 bits per heavy atom. The third-order valence-corrected chi connectivity index (χ3v) is 5.45. The zero-order valence-electron chi connectivity index (χ0n) is 12.9. The van der Waals surface area contributed by atoms with Gasteiger partial charge in [0.05, 0.1) is 7.11 Å². The van der Waals surface area contributed by atoms with Crippen LogP contribution in [0.1, 0.15) is 50.2 Å². The maximum Gasteiger partial charge on any atom is 0.119 e. The molecule has 2 aliphatic carbocycles. The van der Waals surface area contributed by atoms with Crippen molar-refractivity contribution >= 4 is 5.71 Å². The molecule has 3 rings (SSSR count). The number of aryl methyl sites for hydroxylation is 1. The Balaban J connectivity index is 2.06. The molecule has 1 aromatic carbocycles. The standard InChI is InChI=1S/C18H25NO/c1-4-13-8-9-14(20-3)11-16(13)18-10-6-5-7-15(18)17(12-18)19-2/h8-9,11,15H,4-7,10,12H2,1-3H3/b19-17+/t15-,18+/m1/s1. The van der Waals surface area contributed by atoms with Crippen molar-refractivity contribution < 1.29 is 4.74 Å². The number of benzene rings is 1. The summed E-state index contributed by atoms with van der Waals surface area (Å²) in [5.74, 6) is 1.68. The summed E-state index contributed by atoms with van der Waals surface area (Å²) in [6, 6.07) is 6.66. The molecule has 0 radical (unpaired) electrons. The van der Waals surface area contributed by atoms with Gasteiger partial charge in [0, 0.05) is 24.1 Å². The third kappa shape index (κ3) is 1.88. The average molecular weight is 271 g/mol. The molecule has 108 valence electrons. The fourth-order valence-electron chi connectivity index (χ4n) is 4.36. The highest BCUT2D eigenvalue weighted by atomic mass is 16.5. The maximum atomic E-state index is 5.47. The maximum absolute atomic E-state index is 5.47. The summed E-state index contributed by atoms with van der Waals surface area (Å²) in [6.45, 7) is 2.26. The minimum absolute atomic E-state index is 0.354. The van der Waals surface area contributed by atoms with Gasteiger partial charge >= 0.3 is 0 Å². The van der Waals surface area contributed by atoms with Crippen molar-refractivity contribution in [1.29, 1.82) is 0 Å². The number of hydrogen-bond donors (Lipinski definition) is 0. The minimum Gasteiger partial charge on any atom is -0.497 e. The number of rotatable bonds is 3. The Morgan fingerprint density at radius 3 is 2.90 bits per heavy atom. The van der Waals surface area contributed by atoms with E-state index in [1.807, 2.05) is 7.05 Å². The van der Waals surface area contributed by atoms with Gasteiger partial charge in [0.2, 0.25) is 0 Å². The number of nitrogens with zero attached hydrogens (tertiary/aromatic N) is 1.